The normalized spacial score (nSPS) is 13.4. The molecule has 17 heteroatoms. The number of carbonyl (C=O) groups excluding carboxylic acids is 5. The number of alkyl carbamates (subject to hydrolysis) is 1. The van der Waals surface area contributed by atoms with Gasteiger partial charge in [0.25, 0.3) is 0 Å². The molecular weight excluding hydrogens is 785 g/mol. The number of unbranched alkanes of at least 4 members (excludes halogenated alkanes) is 1. The zero-order chi connectivity index (χ0) is 44.4. The van der Waals surface area contributed by atoms with Crippen LogP contribution in [0.15, 0.2) is 91.1 Å². The van der Waals surface area contributed by atoms with Gasteiger partial charge in [-0.25, -0.2) is 10.2 Å². The highest BCUT2D eigenvalue weighted by molar-refractivity contribution is 5.95. The number of fused-ring (bicyclic) bond motifs is 1. The number of phenols is 1. The van der Waals surface area contributed by atoms with Crippen molar-refractivity contribution in [2.75, 3.05) is 13.1 Å². The summed E-state index contributed by atoms with van der Waals surface area (Å²) in [5.41, 5.74) is 14.1. The van der Waals surface area contributed by atoms with E-state index in [1.165, 1.54) is 18.2 Å². The maximum Gasteiger partial charge on any atom is 0.407 e. The van der Waals surface area contributed by atoms with Crippen molar-refractivity contribution in [2.45, 2.75) is 89.1 Å². The number of H-pyrrole nitrogens is 1. The molecule has 1 aromatic heterocycles. The number of carbonyl (C=O) groups is 6. The van der Waals surface area contributed by atoms with E-state index in [0.717, 1.165) is 22.0 Å². The van der Waals surface area contributed by atoms with E-state index in [1.54, 1.807) is 69.3 Å². The number of carboxylic acids is 1. The number of hydrazine groups is 1. The van der Waals surface area contributed by atoms with E-state index in [-0.39, 0.29) is 37.6 Å². The lowest BCUT2D eigenvalue weighted by Crippen LogP contribution is -2.59. The number of primary amides is 1. The van der Waals surface area contributed by atoms with E-state index < -0.39 is 66.0 Å². The summed E-state index contributed by atoms with van der Waals surface area (Å²) in [5.74, 6) is -4.08. The van der Waals surface area contributed by atoms with Crippen LogP contribution in [-0.2, 0) is 41.6 Å². The molecule has 326 valence electrons. The summed E-state index contributed by atoms with van der Waals surface area (Å²) >= 11 is 0. The number of ether oxygens (including phenoxy) is 1. The van der Waals surface area contributed by atoms with Gasteiger partial charge in [0, 0.05) is 42.7 Å². The van der Waals surface area contributed by atoms with Crippen molar-refractivity contribution >= 4 is 52.7 Å². The van der Waals surface area contributed by atoms with Gasteiger partial charge in [-0.05, 0) is 87.4 Å². The van der Waals surface area contributed by atoms with Gasteiger partial charge < -0.3 is 46.9 Å². The molecule has 4 aromatic rings. The van der Waals surface area contributed by atoms with Gasteiger partial charge in [0.15, 0.2) is 0 Å². The summed E-state index contributed by atoms with van der Waals surface area (Å²) < 4.78 is 5.52. The van der Waals surface area contributed by atoms with Crippen molar-refractivity contribution in [2.24, 2.45) is 5.73 Å². The number of rotatable bonds is 23. The van der Waals surface area contributed by atoms with Crippen LogP contribution in [0.2, 0.25) is 0 Å². The van der Waals surface area contributed by atoms with E-state index in [1.807, 2.05) is 30.5 Å². The van der Waals surface area contributed by atoms with Crippen LogP contribution < -0.4 is 37.9 Å². The van der Waals surface area contributed by atoms with Gasteiger partial charge in [-0.2, -0.15) is 0 Å². The van der Waals surface area contributed by atoms with Gasteiger partial charge >= 0.3 is 12.1 Å². The molecule has 0 aliphatic heterocycles. The topological polar surface area (TPSA) is 266 Å². The standard InChI is InChI=1S/C44H56N8O9/c1-44(2,3)61-43(60)49-31(24-30-26-47-34-14-8-7-13-33(30)34)27-48-52-35(15-9-10-22-46-38(54)21-18-28-16-19-32(53)20-17-28)41(58)51-37(25-39(55)56)42(59)50-36(40(45)57)23-29-11-5-4-6-12-29/h4-8,11-14,16-21,26,31,35-37,47-48,52-53H,9-10,15,22-25,27H2,1-3H3,(H2,45,57)(H,46,54)(H,49,60)(H,50,59)(H,51,58)(H,55,56)/b21-18+/t31-,35-,36-,37-/m0/s1. The molecule has 4 rings (SSSR count). The molecule has 3 aromatic carbocycles. The number of phenolic OH excluding ortho intramolecular Hbond substituents is 1. The highest BCUT2D eigenvalue weighted by Gasteiger charge is 2.30. The van der Waals surface area contributed by atoms with Crippen LogP contribution in [0.1, 0.15) is 63.1 Å². The minimum atomic E-state index is -1.57. The van der Waals surface area contributed by atoms with Crippen molar-refractivity contribution in [3.05, 3.63) is 108 Å². The molecule has 0 unspecified atom stereocenters. The van der Waals surface area contributed by atoms with Crippen LogP contribution in [-0.4, -0.2) is 93.7 Å². The van der Waals surface area contributed by atoms with Gasteiger partial charge in [-0.3, -0.25) is 29.4 Å². The van der Waals surface area contributed by atoms with Crippen LogP contribution in [0.4, 0.5) is 4.79 Å². The molecule has 4 atom stereocenters. The number of aromatic hydroxyl groups is 1. The van der Waals surface area contributed by atoms with Crippen molar-refractivity contribution in [1.29, 1.82) is 0 Å². The summed E-state index contributed by atoms with van der Waals surface area (Å²) in [5, 5.41) is 30.8. The minimum absolute atomic E-state index is 0.0456. The maximum atomic E-state index is 13.9. The Morgan fingerprint density at radius 1 is 0.820 bits per heavy atom. The summed E-state index contributed by atoms with van der Waals surface area (Å²) in [4.78, 5) is 80.2. The van der Waals surface area contributed by atoms with E-state index in [2.05, 4.69) is 37.1 Å². The number of carboxylic acid groups (broad SMARTS) is 1. The van der Waals surface area contributed by atoms with E-state index in [4.69, 9.17) is 10.5 Å². The summed E-state index contributed by atoms with van der Waals surface area (Å²) in [6.07, 6.45) is 4.84. The first-order valence-electron chi connectivity index (χ1n) is 20.0. The Labute approximate surface area is 354 Å². The second-order valence-corrected chi connectivity index (χ2v) is 15.5. The van der Waals surface area contributed by atoms with Crippen molar-refractivity contribution in [3.8, 4) is 5.75 Å². The monoisotopic (exact) mass is 840 g/mol. The van der Waals surface area contributed by atoms with E-state index in [9.17, 15) is 39.0 Å². The molecule has 5 amide bonds. The third-order valence-corrected chi connectivity index (χ3v) is 9.30. The number of benzene rings is 3. The minimum Gasteiger partial charge on any atom is -0.508 e. The fourth-order valence-corrected chi connectivity index (χ4v) is 6.29. The van der Waals surface area contributed by atoms with E-state index >= 15 is 0 Å². The zero-order valence-corrected chi connectivity index (χ0v) is 34.5. The number of aliphatic carboxylic acids is 1. The lowest BCUT2D eigenvalue weighted by Gasteiger charge is -2.26. The molecule has 0 bridgehead atoms. The van der Waals surface area contributed by atoms with Crippen LogP contribution in [0, 0.1) is 0 Å². The smallest absolute Gasteiger partial charge is 0.407 e. The number of aromatic nitrogens is 1. The molecule has 0 saturated heterocycles. The highest BCUT2D eigenvalue weighted by atomic mass is 16.6. The second kappa shape index (κ2) is 23.2. The Balaban J connectivity index is 1.46. The third-order valence-electron chi connectivity index (χ3n) is 9.30. The average Bonchev–Trinajstić information content (AvgIpc) is 3.61. The first-order valence-corrected chi connectivity index (χ1v) is 20.0. The number of hydrogen-bond acceptors (Lipinski definition) is 10. The average molecular weight is 841 g/mol. The highest BCUT2D eigenvalue weighted by Crippen LogP contribution is 2.19. The quantitative estimate of drug-likeness (QED) is 0.0295. The van der Waals surface area contributed by atoms with Crippen LogP contribution >= 0.6 is 0 Å². The molecule has 0 aliphatic carbocycles. The predicted octanol–water partition coefficient (Wildman–Crippen LogP) is 2.94. The first kappa shape index (κ1) is 47.0. The Kier molecular flexibility index (Phi) is 17.8. The number of nitrogens with one attached hydrogen (secondary N) is 7. The largest absolute Gasteiger partial charge is 0.508 e. The number of para-hydroxylation sites is 1. The maximum absolute atomic E-state index is 13.9. The summed E-state index contributed by atoms with van der Waals surface area (Å²) in [6.45, 7) is 5.62. The summed E-state index contributed by atoms with van der Waals surface area (Å²) in [7, 11) is 0. The van der Waals surface area contributed by atoms with Gasteiger partial charge in [-0.15, -0.1) is 0 Å². The van der Waals surface area contributed by atoms with Crippen molar-refractivity contribution in [3.63, 3.8) is 0 Å². The number of amides is 5. The molecular formula is C44H56N8O9. The van der Waals surface area contributed by atoms with Crippen LogP contribution in [0.25, 0.3) is 17.0 Å². The molecule has 0 saturated carbocycles. The van der Waals surface area contributed by atoms with E-state index in [0.29, 0.717) is 24.8 Å². The molecule has 0 spiro atoms. The lowest BCUT2D eigenvalue weighted by atomic mass is 10.0. The molecule has 11 N–H and O–H groups in total. The predicted molar refractivity (Wildman–Crippen MR) is 230 cm³/mol. The van der Waals surface area contributed by atoms with Crippen molar-refractivity contribution < 1.29 is 43.7 Å². The molecule has 61 heavy (non-hydrogen) atoms. The fraction of sp³-hybridized carbons (Fsp3) is 0.364. The van der Waals surface area contributed by atoms with Crippen LogP contribution in [0.5, 0.6) is 5.75 Å². The number of hydrogen-bond donors (Lipinski definition) is 10. The molecule has 0 radical (unpaired) electrons. The van der Waals surface area contributed by atoms with Gasteiger partial charge in [0.05, 0.1) is 18.5 Å². The number of aromatic amines is 1. The second-order valence-electron chi connectivity index (χ2n) is 15.5. The van der Waals surface area contributed by atoms with Crippen molar-refractivity contribution in [1.82, 2.24) is 37.1 Å². The Bertz CT molecular complexity index is 2120. The molecule has 0 fully saturated rings. The Morgan fingerprint density at radius 2 is 1.49 bits per heavy atom. The Hall–Kier alpha value is -6.72. The van der Waals surface area contributed by atoms with Crippen LogP contribution in [0.3, 0.4) is 0 Å². The molecule has 0 aliphatic rings. The molecule has 1 heterocycles. The third kappa shape index (κ3) is 16.8. The van der Waals surface area contributed by atoms with Gasteiger partial charge in [0.1, 0.15) is 23.4 Å². The van der Waals surface area contributed by atoms with Gasteiger partial charge in [0.2, 0.25) is 23.6 Å². The fourth-order valence-electron chi connectivity index (χ4n) is 6.29. The van der Waals surface area contributed by atoms with Gasteiger partial charge in [-0.1, -0.05) is 60.7 Å². The number of nitrogens with two attached hydrogens (primary N) is 1. The SMILES string of the molecule is CC(C)(C)OC(=O)N[C@H](CNN[C@@H](CCCCNC(=O)/C=C/c1ccc(O)cc1)C(=O)N[C@@H](CC(=O)O)C(=O)N[C@@H](Cc1ccccc1)C(N)=O)Cc1c[nH]c2ccccc12. The zero-order valence-electron chi connectivity index (χ0n) is 34.5. The lowest BCUT2D eigenvalue weighted by molar-refractivity contribution is -0.141. The molecule has 17 nitrogen and oxygen atoms in total. The Morgan fingerprint density at radius 3 is 2.18 bits per heavy atom. The summed E-state index contributed by atoms with van der Waals surface area (Å²) in [6, 6.07) is 18.5. The first-order chi connectivity index (χ1) is 29.1.